The molecule has 1 fully saturated rings. The van der Waals surface area contributed by atoms with Gasteiger partial charge < -0.3 is 5.73 Å². The van der Waals surface area contributed by atoms with Crippen molar-refractivity contribution in [3.8, 4) is 0 Å². The second-order valence-corrected chi connectivity index (χ2v) is 6.14. The Labute approximate surface area is 118 Å². The maximum Gasteiger partial charge on any atom is 0.181 e. The quantitative estimate of drug-likeness (QED) is 0.852. The monoisotopic (exact) mass is 272 g/mol. The van der Waals surface area contributed by atoms with Crippen molar-refractivity contribution in [3.05, 3.63) is 29.1 Å². The molecule has 0 atom stereocenters. The molecule has 2 N–H and O–H groups in total. The van der Waals surface area contributed by atoms with Crippen LogP contribution < -0.4 is 5.73 Å². The van der Waals surface area contributed by atoms with Crippen molar-refractivity contribution in [1.82, 2.24) is 4.98 Å². The number of carbonyl (C=O) groups excluding carboxylic acids is 2. The molecular weight excluding hydrogens is 252 g/mol. The van der Waals surface area contributed by atoms with Crippen molar-refractivity contribution in [1.29, 1.82) is 0 Å². The van der Waals surface area contributed by atoms with Crippen LogP contribution in [0.5, 0.6) is 0 Å². The summed E-state index contributed by atoms with van der Waals surface area (Å²) in [5.41, 5.74) is 8.37. The standard InChI is InChI=1S/C16H20N2O2/c17-13-3-1-10(2-4-13)5-16(20)15-8-11-6-14(19)7-12(11)9-18-15/h8-10,13H,1-7,17H2. The van der Waals surface area contributed by atoms with E-state index in [1.54, 1.807) is 6.20 Å². The zero-order valence-electron chi connectivity index (χ0n) is 11.6. The molecule has 4 heteroatoms. The van der Waals surface area contributed by atoms with Gasteiger partial charge in [0.15, 0.2) is 5.78 Å². The molecule has 3 rings (SSSR count). The van der Waals surface area contributed by atoms with Crippen molar-refractivity contribution < 1.29 is 9.59 Å². The van der Waals surface area contributed by atoms with Crippen LogP contribution in [0.15, 0.2) is 12.3 Å². The summed E-state index contributed by atoms with van der Waals surface area (Å²) in [7, 11) is 0. The third-order valence-corrected chi connectivity index (χ3v) is 4.51. The highest BCUT2D eigenvalue weighted by molar-refractivity contribution is 5.95. The first-order valence-electron chi connectivity index (χ1n) is 7.40. The van der Waals surface area contributed by atoms with Gasteiger partial charge in [0, 0.05) is 31.5 Å². The maximum atomic E-state index is 12.3. The molecule has 2 aliphatic rings. The van der Waals surface area contributed by atoms with Crippen LogP contribution in [0.2, 0.25) is 0 Å². The highest BCUT2D eigenvalue weighted by Gasteiger charge is 2.24. The summed E-state index contributed by atoms with van der Waals surface area (Å²) < 4.78 is 0. The minimum absolute atomic E-state index is 0.104. The van der Waals surface area contributed by atoms with Crippen LogP contribution in [-0.4, -0.2) is 22.6 Å². The van der Waals surface area contributed by atoms with E-state index in [4.69, 9.17) is 5.73 Å². The second-order valence-electron chi connectivity index (χ2n) is 6.14. The Kier molecular flexibility index (Phi) is 3.66. The molecule has 0 spiro atoms. The number of fused-ring (bicyclic) bond motifs is 1. The maximum absolute atomic E-state index is 12.3. The minimum atomic E-state index is 0.104. The number of hydrogen-bond donors (Lipinski definition) is 1. The molecule has 0 aliphatic heterocycles. The molecule has 0 radical (unpaired) electrons. The highest BCUT2D eigenvalue weighted by Crippen LogP contribution is 2.27. The van der Waals surface area contributed by atoms with Gasteiger partial charge in [0.25, 0.3) is 0 Å². The fourth-order valence-corrected chi connectivity index (χ4v) is 3.25. The summed E-state index contributed by atoms with van der Waals surface area (Å²) in [4.78, 5) is 27.9. The molecule has 0 aromatic carbocycles. The fraction of sp³-hybridized carbons (Fsp3) is 0.562. The van der Waals surface area contributed by atoms with Gasteiger partial charge in [0.2, 0.25) is 0 Å². The Balaban J connectivity index is 1.66. The second kappa shape index (κ2) is 5.44. The normalized spacial score (nSPS) is 25.6. The zero-order chi connectivity index (χ0) is 14.1. The first-order valence-corrected chi connectivity index (χ1v) is 7.40. The number of hydrogen-bond acceptors (Lipinski definition) is 4. The lowest BCUT2D eigenvalue weighted by atomic mass is 9.83. The number of rotatable bonds is 3. The predicted octanol–water partition coefficient (Wildman–Crippen LogP) is 1.84. The number of pyridine rings is 1. The SMILES string of the molecule is NC1CCC(CC(=O)c2cc3c(cn2)CC(=O)C3)CC1. The van der Waals surface area contributed by atoms with Crippen molar-refractivity contribution >= 4 is 11.6 Å². The minimum Gasteiger partial charge on any atom is -0.328 e. The van der Waals surface area contributed by atoms with E-state index in [9.17, 15) is 9.59 Å². The van der Waals surface area contributed by atoms with Crippen LogP contribution >= 0.6 is 0 Å². The summed E-state index contributed by atoms with van der Waals surface area (Å²) in [6, 6.07) is 2.13. The molecule has 4 nitrogen and oxygen atoms in total. The van der Waals surface area contributed by atoms with E-state index in [1.807, 2.05) is 6.07 Å². The lowest BCUT2D eigenvalue weighted by molar-refractivity contribution is -0.117. The summed E-state index contributed by atoms with van der Waals surface area (Å²) in [6.45, 7) is 0. The molecule has 1 aromatic rings. The molecule has 1 heterocycles. The summed E-state index contributed by atoms with van der Waals surface area (Å²) in [6.07, 6.45) is 7.30. The lowest BCUT2D eigenvalue weighted by Gasteiger charge is -2.25. The van der Waals surface area contributed by atoms with Crippen LogP contribution in [0.4, 0.5) is 0 Å². The number of nitrogens with zero attached hydrogens (tertiary/aromatic N) is 1. The first kappa shape index (κ1) is 13.4. The van der Waals surface area contributed by atoms with E-state index in [2.05, 4.69) is 4.98 Å². The van der Waals surface area contributed by atoms with Crippen molar-refractivity contribution in [3.63, 3.8) is 0 Å². The molecule has 20 heavy (non-hydrogen) atoms. The van der Waals surface area contributed by atoms with Crippen molar-refractivity contribution in [2.45, 2.75) is 51.0 Å². The van der Waals surface area contributed by atoms with Crippen LogP contribution in [0, 0.1) is 5.92 Å². The van der Waals surface area contributed by atoms with Crippen LogP contribution in [0.1, 0.15) is 53.7 Å². The highest BCUT2D eigenvalue weighted by atomic mass is 16.1. The molecule has 0 saturated heterocycles. The number of nitrogens with two attached hydrogens (primary N) is 1. The van der Waals surface area contributed by atoms with Gasteiger partial charge in [-0.25, -0.2) is 0 Å². The van der Waals surface area contributed by atoms with Gasteiger partial charge in [0.05, 0.1) is 0 Å². The Hall–Kier alpha value is -1.55. The Morgan fingerprint density at radius 3 is 2.65 bits per heavy atom. The van der Waals surface area contributed by atoms with E-state index in [0.717, 1.165) is 36.8 Å². The number of ketones is 2. The van der Waals surface area contributed by atoms with E-state index in [1.165, 1.54) is 0 Å². The van der Waals surface area contributed by atoms with Crippen LogP contribution in [-0.2, 0) is 17.6 Å². The smallest absolute Gasteiger partial charge is 0.181 e. The number of Topliss-reactive ketones (excluding diaryl/α,β-unsaturated/α-hetero) is 2. The molecule has 0 bridgehead atoms. The summed E-state index contributed by atoms with van der Waals surface area (Å²) >= 11 is 0. The molecule has 2 aliphatic carbocycles. The number of aromatic nitrogens is 1. The lowest BCUT2D eigenvalue weighted by Crippen LogP contribution is -2.27. The van der Waals surface area contributed by atoms with E-state index < -0.39 is 0 Å². The van der Waals surface area contributed by atoms with Gasteiger partial charge in [0.1, 0.15) is 11.5 Å². The third kappa shape index (κ3) is 2.80. The zero-order valence-corrected chi connectivity index (χ0v) is 11.6. The third-order valence-electron chi connectivity index (χ3n) is 4.51. The molecule has 106 valence electrons. The predicted molar refractivity (Wildman–Crippen MR) is 75.5 cm³/mol. The Morgan fingerprint density at radius 1 is 1.20 bits per heavy atom. The largest absolute Gasteiger partial charge is 0.328 e. The van der Waals surface area contributed by atoms with Gasteiger partial charge in [-0.2, -0.15) is 0 Å². The van der Waals surface area contributed by atoms with Crippen molar-refractivity contribution in [2.75, 3.05) is 0 Å². The number of carbonyl (C=O) groups is 2. The van der Waals surface area contributed by atoms with Gasteiger partial charge in [-0.3, -0.25) is 14.6 Å². The topological polar surface area (TPSA) is 73.1 Å². The average molecular weight is 272 g/mol. The van der Waals surface area contributed by atoms with Crippen LogP contribution in [0.3, 0.4) is 0 Å². The Morgan fingerprint density at radius 2 is 1.90 bits per heavy atom. The van der Waals surface area contributed by atoms with E-state index >= 15 is 0 Å². The molecule has 1 saturated carbocycles. The molecule has 0 unspecified atom stereocenters. The van der Waals surface area contributed by atoms with E-state index in [-0.39, 0.29) is 11.6 Å². The average Bonchev–Trinajstić information content (AvgIpc) is 2.80. The molecular formula is C16H20N2O2. The fourth-order valence-electron chi connectivity index (χ4n) is 3.25. The van der Waals surface area contributed by atoms with Crippen molar-refractivity contribution in [2.24, 2.45) is 11.7 Å². The van der Waals surface area contributed by atoms with Gasteiger partial charge in [-0.05, 0) is 48.8 Å². The van der Waals surface area contributed by atoms with E-state index in [0.29, 0.717) is 36.9 Å². The summed E-state index contributed by atoms with van der Waals surface area (Å²) in [5.74, 6) is 0.763. The first-order chi connectivity index (χ1) is 9.61. The molecule has 0 amide bonds. The van der Waals surface area contributed by atoms with Gasteiger partial charge in [-0.1, -0.05) is 0 Å². The molecule has 1 aromatic heterocycles. The van der Waals surface area contributed by atoms with Crippen LogP contribution in [0.25, 0.3) is 0 Å². The van der Waals surface area contributed by atoms with Gasteiger partial charge >= 0.3 is 0 Å². The van der Waals surface area contributed by atoms with Gasteiger partial charge in [-0.15, -0.1) is 0 Å². The Bertz CT molecular complexity index is 545. The summed E-state index contributed by atoms with van der Waals surface area (Å²) in [5, 5.41) is 0.